The molecule has 29 heavy (non-hydrogen) atoms. The first kappa shape index (κ1) is 18.7. The van der Waals surface area contributed by atoms with E-state index in [1.807, 2.05) is 30.3 Å². The zero-order valence-corrected chi connectivity index (χ0v) is 15.8. The van der Waals surface area contributed by atoms with E-state index in [-0.39, 0.29) is 25.3 Å². The van der Waals surface area contributed by atoms with E-state index in [1.165, 1.54) is 7.11 Å². The topological polar surface area (TPSA) is 97.3 Å². The molecule has 0 aromatic heterocycles. The second-order valence-corrected chi connectivity index (χ2v) is 6.85. The Morgan fingerprint density at radius 1 is 1.14 bits per heavy atom. The number of ether oxygens (including phenoxy) is 2. The fraction of sp³-hybridized carbons (Fsp3) is 0.238. The van der Waals surface area contributed by atoms with Crippen LogP contribution in [0, 0.1) is 5.41 Å². The average Bonchev–Trinajstić information content (AvgIpc) is 3.28. The van der Waals surface area contributed by atoms with E-state index in [9.17, 15) is 14.4 Å². The smallest absolute Gasteiger partial charge is 0.356 e. The molecule has 2 aromatic rings. The molecular weight excluding hydrogens is 374 g/mol. The number of nitrogens with one attached hydrogen (secondary N) is 1. The van der Waals surface area contributed by atoms with Crippen LogP contribution in [0.4, 0.5) is 5.69 Å². The normalized spacial score (nSPS) is 20.6. The maximum absolute atomic E-state index is 13.2. The van der Waals surface area contributed by atoms with Gasteiger partial charge in [-0.3, -0.25) is 9.59 Å². The molecule has 1 fully saturated rings. The fourth-order valence-corrected chi connectivity index (χ4v) is 3.53. The molecule has 8 nitrogen and oxygen atoms in total. The SMILES string of the molecule is COc1ccc(N2C(=O)CC3(CNN=C3C(=O)OCc3ccccc3)C2=O)cc1. The molecule has 2 heterocycles. The van der Waals surface area contributed by atoms with Crippen molar-refractivity contribution < 1.29 is 23.9 Å². The highest BCUT2D eigenvalue weighted by Crippen LogP contribution is 2.39. The Bertz CT molecular complexity index is 987. The predicted molar refractivity (Wildman–Crippen MR) is 104 cm³/mol. The van der Waals surface area contributed by atoms with E-state index < -0.39 is 23.2 Å². The molecule has 0 saturated carbocycles. The van der Waals surface area contributed by atoms with Gasteiger partial charge in [0.25, 0.3) is 0 Å². The molecule has 4 rings (SSSR count). The number of hydrazone groups is 1. The Morgan fingerprint density at radius 3 is 2.55 bits per heavy atom. The zero-order chi connectivity index (χ0) is 20.4. The lowest BCUT2D eigenvalue weighted by Gasteiger charge is -2.21. The van der Waals surface area contributed by atoms with E-state index in [0.717, 1.165) is 10.5 Å². The summed E-state index contributed by atoms with van der Waals surface area (Å²) in [4.78, 5) is 39.7. The summed E-state index contributed by atoms with van der Waals surface area (Å²) in [6.07, 6.45) is -0.149. The van der Waals surface area contributed by atoms with Crippen LogP contribution in [0.15, 0.2) is 59.7 Å². The van der Waals surface area contributed by atoms with Crippen molar-refractivity contribution in [2.75, 3.05) is 18.6 Å². The average molecular weight is 393 g/mol. The van der Waals surface area contributed by atoms with Crippen molar-refractivity contribution in [2.24, 2.45) is 10.5 Å². The summed E-state index contributed by atoms with van der Waals surface area (Å²) in [5.41, 5.74) is 2.50. The van der Waals surface area contributed by atoms with Gasteiger partial charge in [-0.15, -0.1) is 0 Å². The Kier molecular flexibility index (Phi) is 4.75. The predicted octanol–water partition coefficient (Wildman–Crippen LogP) is 1.65. The van der Waals surface area contributed by atoms with Gasteiger partial charge in [-0.2, -0.15) is 5.10 Å². The lowest BCUT2D eigenvalue weighted by Crippen LogP contribution is -2.45. The lowest BCUT2D eigenvalue weighted by molar-refractivity contribution is -0.138. The molecule has 2 aromatic carbocycles. The second-order valence-electron chi connectivity index (χ2n) is 6.85. The van der Waals surface area contributed by atoms with Crippen LogP contribution in [0.5, 0.6) is 5.75 Å². The zero-order valence-electron chi connectivity index (χ0n) is 15.8. The van der Waals surface area contributed by atoms with Crippen molar-refractivity contribution in [1.82, 2.24) is 5.43 Å². The first-order valence-corrected chi connectivity index (χ1v) is 9.09. The Balaban J connectivity index is 1.55. The van der Waals surface area contributed by atoms with Gasteiger partial charge in [-0.05, 0) is 29.8 Å². The summed E-state index contributed by atoms with van der Waals surface area (Å²) in [6, 6.07) is 15.8. The molecule has 1 N–H and O–H groups in total. The number of benzene rings is 2. The van der Waals surface area contributed by atoms with Crippen molar-refractivity contribution in [3.63, 3.8) is 0 Å². The minimum Gasteiger partial charge on any atom is -0.497 e. The molecule has 0 bridgehead atoms. The summed E-state index contributed by atoms with van der Waals surface area (Å²) in [5, 5.41) is 4.00. The van der Waals surface area contributed by atoms with Crippen molar-refractivity contribution in [2.45, 2.75) is 13.0 Å². The quantitative estimate of drug-likeness (QED) is 0.613. The highest BCUT2D eigenvalue weighted by molar-refractivity contribution is 6.47. The molecule has 8 heteroatoms. The molecule has 0 aliphatic carbocycles. The van der Waals surface area contributed by atoms with Gasteiger partial charge < -0.3 is 14.9 Å². The Labute approximate surface area is 167 Å². The van der Waals surface area contributed by atoms with Gasteiger partial charge in [0.1, 0.15) is 17.8 Å². The molecule has 1 saturated heterocycles. The van der Waals surface area contributed by atoms with Gasteiger partial charge in [0.2, 0.25) is 11.8 Å². The van der Waals surface area contributed by atoms with Crippen LogP contribution in [-0.4, -0.2) is 37.1 Å². The number of carbonyl (C=O) groups excluding carboxylic acids is 3. The van der Waals surface area contributed by atoms with Crippen molar-refractivity contribution >= 4 is 29.2 Å². The highest BCUT2D eigenvalue weighted by Gasteiger charge is 2.59. The summed E-state index contributed by atoms with van der Waals surface area (Å²) >= 11 is 0. The number of nitrogens with zero attached hydrogens (tertiary/aromatic N) is 2. The van der Waals surface area contributed by atoms with Crippen LogP contribution >= 0.6 is 0 Å². The maximum atomic E-state index is 13.2. The number of rotatable bonds is 5. The van der Waals surface area contributed by atoms with Crippen molar-refractivity contribution in [3.05, 3.63) is 60.2 Å². The van der Waals surface area contributed by atoms with Gasteiger partial charge in [0, 0.05) is 6.42 Å². The van der Waals surface area contributed by atoms with Gasteiger partial charge in [0.15, 0.2) is 5.71 Å². The standard InChI is InChI=1S/C21H19N3O5/c1-28-16-9-7-15(8-10-16)24-17(25)11-21(20(24)27)13-22-23-18(21)19(26)29-12-14-5-3-2-4-6-14/h2-10,22H,11-13H2,1H3. The van der Waals surface area contributed by atoms with E-state index in [4.69, 9.17) is 9.47 Å². The minimum absolute atomic E-state index is 0.0547. The summed E-state index contributed by atoms with van der Waals surface area (Å²) < 4.78 is 10.5. The van der Waals surface area contributed by atoms with Gasteiger partial charge in [-0.1, -0.05) is 30.3 Å². The molecule has 1 spiro atoms. The number of hydrogen-bond donors (Lipinski definition) is 1. The maximum Gasteiger partial charge on any atom is 0.356 e. The van der Waals surface area contributed by atoms with E-state index in [0.29, 0.717) is 11.4 Å². The van der Waals surface area contributed by atoms with Crippen molar-refractivity contribution in [1.29, 1.82) is 0 Å². The number of carbonyl (C=O) groups is 3. The molecule has 2 aliphatic heterocycles. The van der Waals surface area contributed by atoms with Crippen LogP contribution in [-0.2, 0) is 25.7 Å². The fourth-order valence-electron chi connectivity index (χ4n) is 3.53. The largest absolute Gasteiger partial charge is 0.497 e. The van der Waals surface area contributed by atoms with Crippen LogP contribution in [0.2, 0.25) is 0 Å². The molecule has 1 unspecified atom stereocenters. The minimum atomic E-state index is -1.36. The number of hydrogen-bond acceptors (Lipinski definition) is 7. The molecule has 1 atom stereocenters. The van der Waals surface area contributed by atoms with Crippen LogP contribution in [0.25, 0.3) is 0 Å². The molecule has 148 valence electrons. The van der Waals surface area contributed by atoms with Gasteiger partial charge in [0.05, 0.1) is 19.3 Å². The van der Waals surface area contributed by atoms with E-state index >= 15 is 0 Å². The number of anilines is 1. The number of methoxy groups -OCH3 is 1. The van der Waals surface area contributed by atoms with Gasteiger partial charge in [-0.25, -0.2) is 9.69 Å². The summed E-state index contributed by atoms with van der Waals surface area (Å²) in [7, 11) is 1.53. The third kappa shape index (κ3) is 3.22. The van der Waals surface area contributed by atoms with Crippen LogP contribution in [0.1, 0.15) is 12.0 Å². The molecule has 0 radical (unpaired) electrons. The van der Waals surface area contributed by atoms with Crippen LogP contribution in [0.3, 0.4) is 0 Å². The third-order valence-corrected chi connectivity index (χ3v) is 5.08. The van der Waals surface area contributed by atoms with E-state index in [2.05, 4.69) is 10.5 Å². The monoisotopic (exact) mass is 393 g/mol. The number of imide groups is 1. The molecule has 2 amide bonds. The number of esters is 1. The van der Waals surface area contributed by atoms with E-state index in [1.54, 1.807) is 24.3 Å². The first-order chi connectivity index (χ1) is 14.0. The first-order valence-electron chi connectivity index (χ1n) is 9.09. The van der Waals surface area contributed by atoms with Gasteiger partial charge >= 0.3 is 5.97 Å². The highest BCUT2D eigenvalue weighted by atomic mass is 16.5. The molecular formula is C21H19N3O5. The second kappa shape index (κ2) is 7.38. The van der Waals surface area contributed by atoms with Crippen molar-refractivity contribution in [3.8, 4) is 5.75 Å². The summed E-state index contributed by atoms with van der Waals surface area (Å²) in [5.74, 6) is -0.992. The lowest BCUT2D eigenvalue weighted by atomic mass is 9.81. The Hall–Kier alpha value is -3.68. The summed E-state index contributed by atoms with van der Waals surface area (Å²) in [6.45, 7) is 0.124. The van der Waals surface area contributed by atoms with Crippen LogP contribution < -0.4 is 15.1 Å². The number of amides is 2. The Morgan fingerprint density at radius 2 is 1.86 bits per heavy atom. The molecule has 2 aliphatic rings. The third-order valence-electron chi connectivity index (χ3n) is 5.08.